The molecule has 1 amide bonds. The van der Waals surface area contributed by atoms with Crippen molar-refractivity contribution >= 4 is 35.8 Å². The van der Waals surface area contributed by atoms with E-state index in [0.29, 0.717) is 28.5 Å². The molecule has 5 rings (SSSR count). The van der Waals surface area contributed by atoms with Gasteiger partial charge in [0.05, 0.1) is 5.69 Å². The number of piperazine rings is 1. The first kappa shape index (κ1) is 28.4. The Morgan fingerprint density at radius 1 is 0.976 bits per heavy atom. The van der Waals surface area contributed by atoms with Crippen molar-refractivity contribution in [2.75, 3.05) is 43.4 Å². The lowest BCUT2D eigenvalue weighted by Crippen LogP contribution is -2.45. The fourth-order valence-electron chi connectivity index (χ4n) is 4.76. The highest BCUT2D eigenvalue weighted by Gasteiger charge is 2.16. The van der Waals surface area contributed by atoms with E-state index in [-0.39, 0.29) is 11.4 Å². The van der Waals surface area contributed by atoms with Crippen molar-refractivity contribution in [2.24, 2.45) is 0 Å². The van der Waals surface area contributed by atoms with E-state index in [0.717, 1.165) is 50.5 Å². The summed E-state index contributed by atoms with van der Waals surface area (Å²) in [7, 11) is -1.62. The molecule has 0 aliphatic carbocycles. The molecular weight excluding hydrogens is 517 g/mol. The third-order valence-corrected chi connectivity index (χ3v) is 7.29. The van der Waals surface area contributed by atoms with Gasteiger partial charge in [-0.25, -0.2) is 9.97 Å². The molecule has 41 heavy (non-hydrogen) atoms. The lowest BCUT2D eigenvalue weighted by Gasteiger charge is -2.34. The Hall–Kier alpha value is -4.16. The maximum absolute atomic E-state index is 13.0. The van der Waals surface area contributed by atoms with Crippen molar-refractivity contribution in [1.82, 2.24) is 24.8 Å². The van der Waals surface area contributed by atoms with Gasteiger partial charge < -0.3 is 25.6 Å². The number of benzene rings is 2. The second-order valence-corrected chi connectivity index (χ2v) is 10.2. The summed E-state index contributed by atoms with van der Waals surface area (Å²) in [4.78, 5) is 30.9. The van der Waals surface area contributed by atoms with Crippen LogP contribution in [-0.4, -0.2) is 80.5 Å². The predicted molar refractivity (Wildman–Crippen MR) is 161 cm³/mol. The van der Waals surface area contributed by atoms with Gasteiger partial charge in [0.25, 0.3) is 5.91 Å². The van der Waals surface area contributed by atoms with E-state index in [1.807, 2.05) is 49.4 Å². The highest BCUT2D eigenvalue weighted by molar-refractivity contribution is 6.58. The third kappa shape index (κ3) is 7.33. The molecule has 1 aliphatic rings. The molecule has 0 radical (unpaired) electrons. The number of hydrogen-bond acceptors (Lipinski definition) is 9. The van der Waals surface area contributed by atoms with Gasteiger partial charge in [-0.2, -0.15) is 0 Å². The molecule has 2 aromatic heterocycles. The fraction of sp³-hybridized carbons (Fsp3) is 0.267. The van der Waals surface area contributed by atoms with Crippen LogP contribution in [0, 0.1) is 6.92 Å². The number of carbonyl (C=O) groups excluding carboxylic acids is 1. The van der Waals surface area contributed by atoms with Crippen LogP contribution >= 0.6 is 0 Å². The Morgan fingerprint density at radius 3 is 2.46 bits per heavy atom. The van der Waals surface area contributed by atoms with Crippen molar-refractivity contribution in [3.05, 3.63) is 89.9 Å². The van der Waals surface area contributed by atoms with Gasteiger partial charge in [0.1, 0.15) is 0 Å². The van der Waals surface area contributed by atoms with Crippen LogP contribution in [-0.2, 0) is 6.54 Å². The van der Waals surface area contributed by atoms with Gasteiger partial charge in [0, 0.05) is 79.3 Å². The summed E-state index contributed by atoms with van der Waals surface area (Å²) < 4.78 is 0. The molecule has 1 saturated heterocycles. The van der Waals surface area contributed by atoms with E-state index >= 15 is 0 Å². The standard InChI is InChI=1S/C30H34BN7O3/c1-3-37-12-14-38(15-13-37)20-22-5-7-23(8-6-22)29(39)34-26-9-4-21(2)28(17-26)36-30-33-11-10-27(35-30)24-16-25(31(40)41)19-32-18-24/h4-11,16-19,40-41H,3,12-15,20H2,1-2H3,(H,34,39)(H,33,35,36). The molecule has 2 aromatic carbocycles. The van der Waals surface area contributed by atoms with Gasteiger partial charge in [0.15, 0.2) is 0 Å². The molecule has 11 heteroatoms. The molecule has 1 fully saturated rings. The number of anilines is 3. The van der Waals surface area contributed by atoms with Crippen LogP contribution in [0.1, 0.15) is 28.4 Å². The number of hydrogen-bond donors (Lipinski definition) is 4. The van der Waals surface area contributed by atoms with Crippen molar-refractivity contribution in [1.29, 1.82) is 0 Å². The Labute approximate surface area is 240 Å². The molecule has 10 nitrogen and oxygen atoms in total. The summed E-state index contributed by atoms with van der Waals surface area (Å²) in [6.45, 7) is 10.5. The second kappa shape index (κ2) is 13.0. The topological polar surface area (TPSA) is 127 Å². The zero-order valence-electron chi connectivity index (χ0n) is 23.3. The highest BCUT2D eigenvalue weighted by Crippen LogP contribution is 2.25. The normalized spacial score (nSPS) is 14.0. The molecule has 1 aliphatic heterocycles. The number of aryl methyl sites for hydroxylation is 1. The first-order valence-electron chi connectivity index (χ1n) is 13.7. The van der Waals surface area contributed by atoms with Gasteiger partial charge in [-0.3, -0.25) is 14.7 Å². The summed E-state index contributed by atoms with van der Waals surface area (Å²) >= 11 is 0. The van der Waals surface area contributed by atoms with E-state index in [2.05, 4.69) is 42.3 Å². The lowest BCUT2D eigenvalue weighted by molar-refractivity contribution is 0.102. The number of rotatable bonds is 9. The van der Waals surface area contributed by atoms with Crippen molar-refractivity contribution < 1.29 is 14.8 Å². The Kier molecular flexibility index (Phi) is 9.00. The lowest BCUT2D eigenvalue weighted by atomic mass is 9.81. The number of nitrogens with one attached hydrogen (secondary N) is 2. The number of amides is 1. The average Bonchev–Trinajstić information content (AvgIpc) is 3.00. The van der Waals surface area contributed by atoms with Gasteiger partial charge in [-0.1, -0.05) is 25.1 Å². The number of likely N-dealkylation sites (N-methyl/N-ethyl adjacent to an activating group) is 1. The summed E-state index contributed by atoms with van der Waals surface area (Å²) in [6, 6.07) is 16.8. The summed E-state index contributed by atoms with van der Waals surface area (Å²) in [6.07, 6.45) is 4.60. The SMILES string of the molecule is CCN1CCN(Cc2ccc(C(=O)Nc3ccc(C)c(Nc4nccc(-c5cncc(B(O)O)c5)n4)c3)cc2)CC1. The molecular formula is C30H34BN7O3. The van der Waals surface area contributed by atoms with E-state index in [4.69, 9.17) is 0 Å². The second-order valence-electron chi connectivity index (χ2n) is 10.2. The van der Waals surface area contributed by atoms with Crippen LogP contribution < -0.4 is 16.1 Å². The number of carbonyl (C=O) groups is 1. The minimum atomic E-state index is -1.62. The monoisotopic (exact) mass is 551 g/mol. The maximum Gasteiger partial charge on any atom is 0.490 e. The van der Waals surface area contributed by atoms with Gasteiger partial charge in [-0.05, 0) is 61.0 Å². The molecule has 0 bridgehead atoms. The molecule has 0 unspecified atom stereocenters. The van der Waals surface area contributed by atoms with E-state index in [9.17, 15) is 14.8 Å². The van der Waals surface area contributed by atoms with Crippen LogP contribution in [0.5, 0.6) is 0 Å². The number of pyridine rings is 1. The summed E-state index contributed by atoms with van der Waals surface area (Å²) in [5.74, 6) is 0.176. The molecule has 3 heterocycles. The van der Waals surface area contributed by atoms with Crippen molar-refractivity contribution in [3.8, 4) is 11.3 Å². The van der Waals surface area contributed by atoms with E-state index in [1.165, 1.54) is 11.8 Å². The van der Waals surface area contributed by atoms with Crippen LogP contribution in [0.4, 0.5) is 17.3 Å². The summed E-state index contributed by atoms with van der Waals surface area (Å²) in [5, 5.41) is 25.1. The van der Waals surface area contributed by atoms with Crippen LogP contribution in [0.3, 0.4) is 0 Å². The molecule has 4 N–H and O–H groups in total. The first-order chi connectivity index (χ1) is 19.9. The molecule has 4 aromatic rings. The number of aromatic nitrogens is 3. The van der Waals surface area contributed by atoms with Crippen LogP contribution in [0.15, 0.2) is 73.2 Å². The minimum Gasteiger partial charge on any atom is -0.423 e. The average molecular weight is 551 g/mol. The maximum atomic E-state index is 13.0. The largest absolute Gasteiger partial charge is 0.490 e. The zero-order valence-corrected chi connectivity index (χ0v) is 23.3. The third-order valence-electron chi connectivity index (χ3n) is 7.29. The van der Waals surface area contributed by atoms with Gasteiger partial charge in [0.2, 0.25) is 5.95 Å². The Morgan fingerprint density at radius 2 is 1.73 bits per heavy atom. The molecule has 210 valence electrons. The zero-order chi connectivity index (χ0) is 28.8. The Bertz CT molecular complexity index is 1490. The number of nitrogens with zero attached hydrogens (tertiary/aromatic N) is 5. The Balaban J connectivity index is 1.23. The van der Waals surface area contributed by atoms with Crippen LogP contribution in [0.25, 0.3) is 11.3 Å². The predicted octanol–water partition coefficient (Wildman–Crippen LogP) is 2.66. The van der Waals surface area contributed by atoms with Crippen molar-refractivity contribution in [3.63, 3.8) is 0 Å². The fourth-order valence-corrected chi connectivity index (χ4v) is 4.76. The van der Waals surface area contributed by atoms with E-state index < -0.39 is 7.12 Å². The first-order valence-corrected chi connectivity index (χ1v) is 13.7. The summed E-state index contributed by atoms with van der Waals surface area (Å²) in [5.41, 5.74) is 5.62. The minimum absolute atomic E-state index is 0.181. The van der Waals surface area contributed by atoms with Crippen LogP contribution in [0.2, 0.25) is 0 Å². The molecule has 0 spiro atoms. The molecule has 0 atom stereocenters. The molecule has 0 saturated carbocycles. The van der Waals surface area contributed by atoms with Crippen molar-refractivity contribution in [2.45, 2.75) is 20.4 Å². The van der Waals surface area contributed by atoms with Gasteiger partial charge in [-0.15, -0.1) is 0 Å². The van der Waals surface area contributed by atoms with E-state index in [1.54, 1.807) is 24.5 Å². The quantitative estimate of drug-likeness (QED) is 0.232. The highest BCUT2D eigenvalue weighted by atomic mass is 16.4. The van der Waals surface area contributed by atoms with Gasteiger partial charge >= 0.3 is 7.12 Å². The smallest absolute Gasteiger partial charge is 0.423 e.